The van der Waals surface area contributed by atoms with Gasteiger partial charge in [0.05, 0.1) is 0 Å². The lowest BCUT2D eigenvalue weighted by Crippen LogP contribution is -2.46. The third kappa shape index (κ3) is 6.10. The first-order chi connectivity index (χ1) is 15.6. The standard InChI is InChI=1S/C26H34N4O2/c1-20-18-24(20)26(32)28-22-9-7-8-21(19-22)25(31)27-12-5-6-13-29-14-16-30(17-15-29)23-10-3-2-4-11-23/h2-4,7-11,19-20,24H,5-6,12-18H2,1H3,(H,27,31)(H,28,32)/t20-,24+/m1/s1. The van der Waals surface area contributed by atoms with Crippen molar-refractivity contribution < 1.29 is 9.59 Å². The zero-order chi connectivity index (χ0) is 22.3. The van der Waals surface area contributed by atoms with Crippen LogP contribution in [0.5, 0.6) is 0 Å². The number of amides is 2. The Kier molecular flexibility index (Phi) is 7.43. The van der Waals surface area contributed by atoms with Crippen LogP contribution in [0, 0.1) is 11.8 Å². The molecule has 0 bridgehead atoms. The summed E-state index contributed by atoms with van der Waals surface area (Å²) in [6.07, 6.45) is 2.98. The van der Waals surface area contributed by atoms with Crippen LogP contribution in [0.1, 0.15) is 36.5 Å². The molecule has 0 spiro atoms. The second-order valence-corrected chi connectivity index (χ2v) is 9.02. The highest BCUT2D eigenvalue weighted by Crippen LogP contribution is 2.38. The molecule has 1 aliphatic heterocycles. The van der Waals surface area contributed by atoms with E-state index >= 15 is 0 Å². The number of carbonyl (C=O) groups is 2. The molecule has 2 amide bonds. The first-order valence-electron chi connectivity index (χ1n) is 11.8. The number of para-hydroxylation sites is 1. The van der Waals surface area contributed by atoms with Gasteiger partial charge in [-0.1, -0.05) is 31.2 Å². The Balaban J connectivity index is 1.12. The molecule has 1 saturated heterocycles. The molecule has 4 rings (SSSR count). The van der Waals surface area contributed by atoms with Crippen LogP contribution in [0.3, 0.4) is 0 Å². The second kappa shape index (κ2) is 10.6. The van der Waals surface area contributed by atoms with E-state index in [1.165, 1.54) is 5.69 Å². The maximum absolute atomic E-state index is 12.5. The Morgan fingerprint density at radius 1 is 0.969 bits per heavy atom. The Morgan fingerprint density at radius 2 is 1.72 bits per heavy atom. The molecule has 2 aromatic carbocycles. The summed E-state index contributed by atoms with van der Waals surface area (Å²) < 4.78 is 0. The molecule has 0 aromatic heterocycles. The summed E-state index contributed by atoms with van der Waals surface area (Å²) in [6.45, 7) is 8.11. The van der Waals surface area contributed by atoms with E-state index in [0.29, 0.717) is 23.7 Å². The van der Waals surface area contributed by atoms with E-state index in [2.05, 4.69) is 57.7 Å². The highest BCUT2D eigenvalue weighted by molar-refractivity contribution is 5.98. The van der Waals surface area contributed by atoms with Crippen LogP contribution in [-0.4, -0.2) is 56.0 Å². The number of anilines is 2. The molecular formula is C26H34N4O2. The molecule has 6 heteroatoms. The highest BCUT2D eigenvalue weighted by atomic mass is 16.2. The number of carbonyl (C=O) groups excluding carboxylic acids is 2. The van der Waals surface area contributed by atoms with Gasteiger partial charge < -0.3 is 15.5 Å². The average Bonchev–Trinajstić information content (AvgIpc) is 3.56. The van der Waals surface area contributed by atoms with Crippen molar-refractivity contribution in [2.24, 2.45) is 11.8 Å². The monoisotopic (exact) mass is 434 g/mol. The minimum atomic E-state index is -0.0858. The summed E-state index contributed by atoms with van der Waals surface area (Å²) in [5.74, 6) is 0.556. The predicted octanol–water partition coefficient (Wildman–Crippen LogP) is 3.61. The number of hydrogen-bond donors (Lipinski definition) is 2. The fourth-order valence-electron chi connectivity index (χ4n) is 4.29. The first-order valence-corrected chi connectivity index (χ1v) is 11.8. The van der Waals surface area contributed by atoms with Crippen LogP contribution in [0.4, 0.5) is 11.4 Å². The third-order valence-corrected chi connectivity index (χ3v) is 6.52. The lowest BCUT2D eigenvalue weighted by molar-refractivity contribution is -0.117. The largest absolute Gasteiger partial charge is 0.369 e. The van der Waals surface area contributed by atoms with Crippen molar-refractivity contribution in [3.05, 3.63) is 60.2 Å². The second-order valence-electron chi connectivity index (χ2n) is 9.02. The SMILES string of the molecule is C[C@@H]1C[C@@H]1C(=O)Nc1cccc(C(=O)NCCCCN2CCN(c3ccccc3)CC2)c1. The molecule has 170 valence electrons. The van der Waals surface area contributed by atoms with Crippen molar-refractivity contribution in [2.75, 3.05) is 49.5 Å². The molecule has 2 atom stereocenters. The fourth-order valence-corrected chi connectivity index (χ4v) is 4.29. The van der Waals surface area contributed by atoms with E-state index in [-0.39, 0.29) is 17.7 Å². The number of piperazine rings is 1. The van der Waals surface area contributed by atoms with Crippen molar-refractivity contribution in [3.8, 4) is 0 Å². The molecule has 1 heterocycles. The van der Waals surface area contributed by atoms with E-state index in [1.807, 2.05) is 12.1 Å². The number of hydrogen-bond acceptors (Lipinski definition) is 4. The number of benzene rings is 2. The van der Waals surface area contributed by atoms with Crippen molar-refractivity contribution in [3.63, 3.8) is 0 Å². The average molecular weight is 435 g/mol. The molecule has 2 aliphatic rings. The summed E-state index contributed by atoms with van der Waals surface area (Å²) in [5.41, 5.74) is 2.58. The topological polar surface area (TPSA) is 64.7 Å². The van der Waals surface area contributed by atoms with Gasteiger partial charge in [0, 0.05) is 55.6 Å². The Bertz CT molecular complexity index is 909. The summed E-state index contributed by atoms with van der Waals surface area (Å²) in [5, 5.41) is 5.94. The smallest absolute Gasteiger partial charge is 0.251 e. The van der Waals surface area contributed by atoms with E-state index in [1.54, 1.807) is 12.1 Å². The third-order valence-electron chi connectivity index (χ3n) is 6.52. The Morgan fingerprint density at radius 3 is 2.44 bits per heavy atom. The van der Waals surface area contributed by atoms with E-state index in [4.69, 9.17) is 0 Å². The van der Waals surface area contributed by atoms with Crippen LogP contribution < -0.4 is 15.5 Å². The molecule has 2 fully saturated rings. The Labute approximate surface area is 191 Å². The van der Waals surface area contributed by atoms with Crippen molar-refractivity contribution in [1.29, 1.82) is 0 Å². The predicted molar refractivity (Wildman–Crippen MR) is 129 cm³/mol. The van der Waals surface area contributed by atoms with E-state index in [9.17, 15) is 9.59 Å². The first kappa shape index (κ1) is 22.3. The van der Waals surface area contributed by atoms with E-state index < -0.39 is 0 Å². The molecule has 0 radical (unpaired) electrons. The van der Waals surface area contributed by atoms with Gasteiger partial charge in [-0.05, 0) is 62.1 Å². The van der Waals surface area contributed by atoms with Crippen molar-refractivity contribution in [1.82, 2.24) is 10.2 Å². The normalized spacial score (nSPS) is 20.6. The number of nitrogens with zero attached hydrogens (tertiary/aromatic N) is 2. The zero-order valence-corrected chi connectivity index (χ0v) is 18.9. The van der Waals surface area contributed by atoms with Crippen LogP contribution in [-0.2, 0) is 4.79 Å². The summed E-state index contributed by atoms with van der Waals surface area (Å²) in [7, 11) is 0. The fraction of sp³-hybridized carbons (Fsp3) is 0.462. The van der Waals surface area contributed by atoms with Gasteiger partial charge in [0.15, 0.2) is 0 Å². The van der Waals surface area contributed by atoms with Crippen LogP contribution in [0.2, 0.25) is 0 Å². The number of nitrogens with one attached hydrogen (secondary N) is 2. The van der Waals surface area contributed by atoms with E-state index in [0.717, 1.165) is 52.0 Å². The van der Waals surface area contributed by atoms with Crippen LogP contribution >= 0.6 is 0 Å². The van der Waals surface area contributed by atoms with Crippen molar-refractivity contribution in [2.45, 2.75) is 26.2 Å². The quantitative estimate of drug-likeness (QED) is 0.592. The summed E-state index contributed by atoms with van der Waals surface area (Å²) >= 11 is 0. The highest BCUT2D eigenvalue weighted by Gasteiger charge is 2.39. The molecular weight excluding hydrogens is 400 g/mol. The lowest BCUT2D eigenvalue weighted by atomic mass is 10.1. The van der Waals surface area contributed by atoms with Gasteiger partial charge in [0.2, 0.25) is 5.91 Å². The molecule has 6 nitrogen and oxygen atoms in total. The van der Waals surface area contributed by atoms with Crippen LogP contribution in [0.25, 0.3) is 0 Å². The van der Waals surface area contributed by atoms with Gasteiger partial charge >= 0.3 is 0 Å². The van der Waals surface area contributed by atoms with Gasteiger partial charge in [-0.3, -0.25) is 14.5 Å². The van der Waals surface area contributed by atoms with Gasteiger partial charge in [-0.15, -0.1) is 0 Å². The van der Waals surface area contributed by atoms with Gasteiger partial charge in [-0.25, -0.2) is 0 Å². The minimum Gasteiger partial charge on any atom is -0.369 e. The molecule has 2 aromatic rings. The molecule has 2 N–H and O–H groups in total. The zero-order valence-electron chi connectivity index (χ0n) is 18.9. The minimum absolute atomic E-state index is 0.0552. The maximum Gasteiger partial charge on any atom is 0.251 e. The van der Waals surface area contributed by atoms with Gasteiger partial charge in [0.1, 0.15) is 0 Å². The molecule has 1 saturated carbocycles. The maximum atomic E-state index is 12.5. The summed E-state index contributed by atoms with van der Waals surface area (Å²) in [4.78, 5) is 29.5. The lowest BCUT2D eigenvalue weighted by Gasteiger charge is -2.36. The molecule has 1 aliphatic carbocycles. The number of unbranched alkanes of at least 4 members (excludes halogenated alkanes) is 1. The molecule has 0 unspecified atom stereocenters. The summed E-state index contributed by atoms with van der Waals surface area (Å²) in [6, 6.07) is 17.8. The molecule has 32 heavy (non-hydrogen) atoms. The van der Waals surface area contributed by atoms with Crippen molar-refractivity contribution >= 4 is 23.2 Å². The Hall–Kier alpha value is -2.86. The number of rotatable bonds is 9. The van der Waals surface area contributed by atoms with Gasteiger partial charge in [0.25, 0.3) is 5.91 Å². The van der Waals surface area contributed by atoms with Gasteiger partial charge in [-0.2, -0.15) is 0 Å². The van der Waals surface area contributed by atoms with Crippen LogP contribution in [0.15, 0.2) is 54.6 Å².